The van der Waals surface area contributed by atoms with Crippen LogP contribution in [0.1, 0.15) is 35.7 Å². The van der Waals surface area contributed by atoms with Gasteiger partial charge in [-0.25, -0.2) is 0 Å². The predicted octanol–water partition coefficient (Wildman–Crippen LogP) is 1.32. The van der Waals surface area contributed by atoms with Gasteiger partial charge in [0.05, 0.1) is 0 Å². The molecular weight excluding hydrogens is 254 g/mol. The molecule has 1 aliphatic heterocycles. The van der Waals surface area contributed by atoms with Gasteiger partial charge in [0.15, 0.2) is 0 Å². The monoisotopic (exact) mass is 275 g/mol. The third-order valence-electron chi connectivity index (χ3n) is 3.71. The molecule has 2 amide bonds. The second kappa shape index (κ2) is 5.94. The van der Waals surface area contributed by atoms with Gasteiger partial charge in [-0.05, 0) is 43.5 Å². The van der Waals surface area contributed by atoms with Gasteiger partial charge in [-0.3, -0.25) is 9.59 Å². The molecule has 2 rings (SSSR count). The Hall–Kier alpha value is -2.04. The van der Waals surface area contributed by atoms with Crippen LogP contribution < -0.4 is 11.1 Å². The molecule has 5 heteroatoms. The van der Waals surface area contributed by atoms with E-state index in [9.17, 15) is 9.59 Å². The number of nitrogen functional groups attached to an aromatic ring is 1. The van der Waals surface area contributed by atoms with Crippen molar-refractivity contribution in [3.8, 4) is 0 Å². The summed E-state index contributed by atoms with van der Waals surface area (Å²) in [5, 5.41) is 2.90. The van der Waals surface area contributed by atoms with Crippen LogP contribution in [0.3, 0.4) is 0 Å². The van der Waals surface area contributed by atoms with Crippen LogP contribution in [0.4, 0.5) is 5.69 Å². The maximum atomic E-state index is 12.4. The second-order valence-corrected chi connectivity index (χ2v) is 5.34. The molecule has 0 atom stereocenters. The fraction of sp³-hybridized carbons (Fsp3) is 0.467. The largest absolute Gasteiger partial charge is 0.399 e. The molecule has 0 radical (unpaired) electrons. The average Bonchev–Trinajstić information content (AvgIpc) is 2.41. The van der Waals surface area contributed by atoms with Crippen molar-refractivity contribution in [3.63, 3.8) is 0 Å². The molecule has 0 bridgehead atoms. The second-order valence-electron chi connectivity index (χ2n) is 5.34. The van der Waals surface area contributed by atoms with Crippen molar-refractivity contribution < 1.29 is 9.59 Å². The molecule has 108 valence electrons. The first-order valence-corrected chi connectivity index (χ1v) is 6.90. The number of nitrogens with two attached hydrogens (primary N) is 1. The average molecular weight is 275 g/mol. The van der Waals surface area contributed by atoms with Crippen LogP contribution in [0, 0.1) is 6.92 Å². The first-order valence-electron chi connectivity index (χ1n) is 6.90. The summed E-state index contributed by atoms with van der Waals surface area (Å²) in [7, 11) is 0. The number of amides is 2. The molecule has 0 aromatic heterocycles. The van der Waals surface area contributed by atoms with E-state index in [1.165, 1.54) is 6.92 Å². The van der Waals surface area contributed by atoms with Gasteiger partial charge in [0.1, 0.15) is 0 Å². The van der Waals surface area contributed by atoms with Crippen molar-refractivity contribution in [1.82, 2.24) is 10.2 Å². The van der Waals surface area contributed by atoms with Gasteiger partial charge in [-0.2, -0.15) is 0 Å². The number of rotatable bonds is 2. The summed E-state index contributed by atoms with van der Waals surface area (Å²) in [5.74, 6) is 0.0262. The predicted molar refractivity (Wildman–Crippen MR) is 78.3 cm³/mol. The minimum Gasteiger partial charge on any atom is -0.399 e. The molecule has 1 aliphatic rings. The maximum absolute atomic E-state index is 12.4. The summed E-state index contributed by atoms with van der Waals surface area (Å²) in [4.78, 5) is 25.2. The fourth-order valence-corrected chi connectivity index (χ4v) is 2.51. The van der Waals surface area contributed by atoms with Crippen LogP contribution >= 0.6 is 0 Å². The van der Waals surface area contributed by atoms with E-state index in [4.69, 9.17) is 5.73 Å². The highest BCUT2D eigenvalue weighted by atomic mass is 16.2. The molecular formula is C15H21N3O2. The summed E-state index contributed by atoms with van der Waals surface area (Å²) in [6.07, 6.45) is 1.61. The molecule has 5 nitrogen and oxygen atoms in total. The Kier molecular flexibility index (Phi) is 4.27. The highest BCUT2D eigenvalue weighted by Crippen LogP contribution is 2.17. The number of benzene rings is 1. The number of carbonyl (C=O) groups is 2. The fourth-order valence-electron chi connectivity index (χ4n) is 2.51. The third kappa shape index (κ3) is 3.29. The van der Waals surface area contributed by atoms with E-state index in [-0.39, 0.29) is 17.9 Å². The van der Waals surface area contributed by atoms with Gasteiger partial charge in [-0.15, -0.1) is 0 Å². The van der Waals surface area contributed by atoms with Crippen LogP contribution in [0.15, 0.2) is 18.2 Å². The molecule has 1 aromatic carbocycles. The van der Waals surface area contributed by atoms with Crippen LogP contribution in [-0.4, -0.2) is 35.8 Å². The quantitative estimate of drug-likeness (QED) is 0.799. The lowest BCUT2D eigenvalue weighted by Crippen LogP contribution is -2.46. The molecule has 1 aromatic rings. The maximum Gasteiger partial charge on any atom is 0.253 e. The van der Waals surface area contributed by atoms with Crippen molar-refractivity contribution in [2.45, 2.75) is 32.7 Å². The van der Waals surface area contributed by atoms with E-state index in [0.717, 1.165) is 18.4 Å². The number of carbonyl (C=O) groups excluding carboxylic acids is 2. The minimum atomic E-state index is -0.0102. The number of hydrogen-bond donors (Lipinski definition) is 2. The van der Waals surface area contributed by atoms with Gasteiger partial charge in [0, 0.05) is 37.3 Å². The van der Waals surface area contributed by atoms with Gasteiger partial charge >= 0.3 is 0 Å². The van der Waals surface area contributed by atoms with Crippen molar-refractivity contribution >= 4 is 17.5 Å². The normalized spacial score (nSPS) is 16.0. The topological polar surface area (TPSA) is 75.4 Å². The Labute approximate surface area is 119 Å². The number of piperidine rings is 1. The van der Waals surface area contributed by atoms with E-state index >= 15 is 0 Å². The zero-order valence-electron chi connectivity index (χ0n) is 12.0. The van der Waals surface area contributed by atoms with Crippen LogP contribution in [0.25, 0.3) is 0 Å². The minimum absolute atomic E-state index is 0.0102. The lowest BCUT2D eigenvalue weighted by atomic mass is 10.0. The molecule has 0 unspecified atom stereocenters. The Morgan fingerprint density at radius 3 is 2.50 bits per heavy atom. The zero-order chi connectivity index (χ0) is 14.7. The van der Waals surface area contributed by atoms with Crippen LogP contribution in [0.5, 0.6) is 0 Å². The molecule has 1 fully saturated rings. The van der Waals surface area contributed by atoms with E-state index in [0.29, 0.717) is 24.3 Å². The zero-order valence-corrected chi connectivity index (χ0v) is 12.0. The smallest absolute Gasteiger partial charge is 0.253 e. The van der Waals surface area contributed by atoms with Gasteiger partial charge in [0.2, 0.25) is 5.91 Å². The lowest BCUT2D eigenvalue weighted by Gasteiger charge is -2.32. The summed E-state index contributed by atoms with van der Waals surface area (Å²) in [5.41, 5.74) is 8.06. The highest BCUT2D eigenvalue weighted by Gasteiger charge is 2.24. The van der Waals surface area contributed by atoms with Crippen LogP contribution in [0.2, 0.25) is 0 Å². The van der Waals surface area contributed by atoms with Gasteiger partial charge < -0.3 is 16.0 Å². The summed E-state index contributed by atoms with van der Waals surface area (Å²) < 4.78 is 0. The molecule has 1 heterocycles. The van der Waals surface area contributed by atoms with Crippen molar-refractivity contribution in [3.05, 3.63) is 29.3 Å². The molecule has 3 N–H and O–H groups in total. The van der Waals surface area contributed by atoms with Crippen molar-refractivity contribution in [1.29, 1.82) is 0 Å². The van der Waals surface area contributed by atoms with Gasteiger partial charge in [-0.1, -0.05) is 0 Å². The van der Waals surface area contributed by atoms with E-state index in [1.54, 1.807) is 12.1 Å². The number of nitrogens with zero attached hydrogens (tertiary/aromatic N) is 1. The Morgan fingerprint density at radius 1 is 1.30 bits per heavy atom. The molecule has 0 saturated carbocycles. The van der Waals surface area contributed by atoms with E-state index in [2.05, 4.69) is 5.32 Å². The third-order valence-corrected chi connectivity index (χ3v) is 3.71. The molecule has 20 heavy (non-hydrogen) atoms. The molecule has 0 spiro atoms. The number of nitrogens with one attached hydrogen (secondary N) is 1. The first-order chi connectivity index (χ1) is 9.47. The van der Waals surface area contributed by atoms with E-state index < -0.39 is 0 Å². The molecule has 1 saturated heterocycles. The summed E-state index contributed by atoms with van der Waals surface area (Å²) >= 11 is 0. The summed E-state index contributed by atoms with van der Waals surface area (Å²) in [6.45, 7) is 4.77. The molecule has 0 aliphatic carbocycles. The van der Waals surface area contributed by atoms with Crippen molar-refractivity contribution in [2.24, 2.45) is 0 Å². The lowest BCUT2D eigenvalue weighted by molar-refractivity contribution is -0.119. The van der Waals surface area contributed by atoms with E-state index in [1.807, 2.05) is 17.9 Å². The Bertz CT molecular complexity index is 520. The first kappa shape index (κ1) is 14.4. The van der Waals surface area contributed by atoms with Gasteiger partial charge in [0.25, 0.3) is 5.91 Å². The number of hydrogen-bond acceptors (Lipinski definition) is 3. The SMILES string of the molecule is CC(=O)NC1CCN(C(=O)c2ccc(N)c(C)c2)CC1. The highest BCUT2D eigenvalue weighted by molar-refractivity contribution is 5.95. The summed E-state index contributed by atoms with van der Waals surface area (Å²) in [6, 6.07) is 5.55. The standard InChI is InChI=1S/C15H21N3O2/c1-10-9-12(3-4-14(10)16)15(20)18-7-5-13(6-8-18)17-11(2)19/h3-4,9,13H,5-8,16H2,1-2H3,(H,17,19). The van der Waals surface area contributed by atoms with Crippen molar-refractivity contribution in [2.75, 3.05) is 18.8 Å². The number of aryl methyl sites for hydroxylation is 1. The number of likely N-dealkylation sites (tertiary alicyclic amines) is 1. The Balaban J connectivity index is 1.97. The number of anilines is 1. The van der Waals surface area contributed by atoms with Crippen LogP contribution in [-0.2, 0) is 4.79 Å². The Morgan fingerprint density at radius 2 is 1.95 bits per heavy atom.